The molecule has 1 aliphatic rings. The largest absolute Gasteiger partial charge is 0.306 e. The number of benzene rings is 1. The molecule has 0 spiro atoms. The number of nitrogens with one attached hydrogen (secondary N) is 2. The zero-order valence-electron chi connectivity index (χ0n) is 7.87. The van der Waals surface area contributed by atoms with Crippen molar-refractivity contribution in [3.05, 3.63) is 29.3 Å². The van der Waals surface area contributed by atoms with Crippen LogP contribution in [0.25, 0.3) is 0 Å². The highest BCUT2D eigenvalue weighted by atomic mass is 32.2. The first-order chi connectivity index (χ1) is 6.89. The third kappa shape index (κ3) is 1.52. The molecule has 2 rings (SSSR count). The fraction of sp³-hybridized carbons (Fsp3) is 0.111. The number of fused-ring (bicyclic) bond motifs is 1. The quantitative estimate of drug-likeness (QED) is 0.712. The molecule has 6 heteroatoms. The molecule has 0 atom stereocenters. The second-order valence-corrected chi connectivity index (χ2v) is 5.32. The number of amidine groups is 1. The van der Waals surface area contributed by atoms with E-state index >= 15 is 0 Å². The molecule has 0 aliphatic carbocycles. The van der Waals surface area contributed by atoms with Crippen molar-refractivity contribution in [3.8, 4) is 0 Å². The molecule has 0 fully saturated rings. The smallest absolute Gasteiger partial charge is 0.257 e. The molecule has 78 valence electrons. The van der Waals surface area contributed by atoms with Crippen LogP contribution in [0.3, 0.4) is 0 Å². The van der Waals surface area contributed by atoms with Crippen molar-refractivity contribution < 1.29 is 13.2 Å². The fourth-order valence-electron chi connectivity index (χ4n) is 1.41. The molecule has 1 aliphatic heterocycles. The number of rotatable bonds is 1. The van der Waals surface area contributed by atoms with Gasteiger partial charge in [-0.15, -0.1) is 0 Å². The highest BCUT2D eigenvalue weighted by Gasteiger charge is 2.25. The van der Waals surface area contributed by atoms with Crippen LogP contribution in [0.5, 0.6) is 0 Å². The van der Waals surface area contributed by atoms with Crippen molar-refractivity contribution in [2.75, 3.05) is 6.26 Å². The van der Waals surface area contributed by atoms with Gasteiger partial charge in [-0.3, -0.25) is 10.2 Å². The first kappa shape index (κ1) is 9.85. The van der Waals surface area contributed by atoms with E-state index < -0.39 is 15.7 Å². The lowest BCUT2D eigenvalue weighted by molar-refractivity contribution is 0.0983. The summed E-state index contributed by atoms with van der Waals surface area (Å²) in [6.07, 6.45) is 1.08. The van der Waals surface area contributed by atoms with Gasteiger partial charge in [-0.1, -0.05) is 0 Å². The SMILES string of the molecule is CS(=O)(=O)c1ccc2c(c1)C(=O)NC2=N. The van der Waals surface area contributed by atoms with Crippen LogP contribution < -0.4 is 5.32 Å². The topological polar surface area (TPSA) is 87.1 Å². The Kier molecular flexibility index (Phi) is 1.90. The maximum Gasteiger partial charge on any atom is 0.257 e. The van der Waals surface area contributed by atoms with Gasteiger partial charge in [-0.25, -0.2) is 8.42 Å². The summed E-state index contributed by atoms with van der Waals surface area (Å²) in [5.74, 6) is -0.421. The molecule has 1 aromatic carbocycles. The molecule has 1 amide bonds. The molecule has 0 unspecified atom stereocenters. The van der Waals surface area contributed by atoms with Gasteiger partial charge in [0, 0.05) is 11.8 Å². The molecule has 1 heterocycles. The first-order valence-electron chi connectivity index (χ1n) is 4.14. The normalized spacial score (nSPS) is 15.0. The molecule has 0 bridgehead atoms. The van der Waals surface area contributed by atoms with Crippen molar-refractivity contribution >= 4 is 21.6 Å². The van der Waals surface area contributed by atoms with Crippen molar-refractivity contribution in [2.45, 2.75) is 4.90 Å². The Labute approximate surface area is 86.5 Å². The molecule has 0 aromatic heterocycles. The average Bonchev–Trinajstić information content (AvgIpc) is 2.41. The van der Waals surface area contributed by atoms with E-state index in [2.05, 4.69) is 5.32 Å². The van der Waals surface area contributed by atoms with Crippen LogP contribution in [-0.2, 0) is 9.84 Å². The Hall–Kier alpha value is -1.69. The summed E-state index contributed by atoms with van der Waals surface area (Å²) in [7, 11) is -3.32. The number of sulfone groups is 1. The molecule has 5 nitrogen and oxygen atoms in total. The summed E-state index contributed by atoms with van der Waals surface area (Å²) < 4.78 is 22.5. The van der Waals surface area contributed by atoms with Gasteiger partial charge in [0.1, 0.15) is 5.84 Å². The summed E-state index contributed by atoms with van der Waals surface area (Å²) in [5.41, 5.74) is 0.676. The zero-order chi connectivity index (χ0) is 11.2. The summed E-state index contributed by atoms with van der Waals surface area (Å²) >= 11 is 0. The molecule has 0 saturated carbocycles. The van der Waals surface area contributed by atoms with Gasteiger partial charge in [-0.05, 0) is 18.2 Å². The molecule has 2 N–H and O–H groups in total. The van der Waals surface area contributed by atoms with Crippen molar-refractivity contribution in [1.29, 1.82) is 5.41 Å². The molecular weight excluding hydrogens is 216 g/mol. The number of hydrogen-bond acceptors (Lipinski definition) is 4. The van der Waals surface area contributed by atoms with Gasteiger partial charge in [-0.2, -0.15) is 0 Å². The molecular formula is C9H8N2O3S. The lowest BCUT2D eigenvalue weighted by Crippen LogP contribution is -2.19. The molecule has 15 heavy (non-hydrogen) atoms. The van der Waals surface area contributed by atoms with Gasteiger partial charge in [0.05, 0.1) is 10.5 Å². The Bertz CT molecular complexity index is 575. The number of amides is 1. The van der Waals surface area contributed by atoms with Crippen molar-refractivity contribution in [3.63, 3.8) is 0 Å². The third-order valence-corrected chi connectivity index (χ3v) is 3.28. The maximum absolute atomic E-state index is 11.3. The fourth-order valence-corrected chi connectivity index (χ4v) is 2.06. The van der Waals surface area contributed by atoms with Crippen LogP contribution in [0.15, 0.2) is 23.1 Å². The van der Waals surface area contributed by atoms with E-state index in [1.54, 1.807) is 0 Å². The Balaban J connectivity index is 2.67. The second-order valence-electron chi connectivity index (χ2n) is 3.31. The minimum absolute atomic E-state index is 0.00931. The van der Waals surface area contributed by atoms with E-state index in [0.717, 1.165) is 6.26 Å². The molecule has 1 aromatic rings. The van der Waals surface area contributed by atoms with Crippen LogP contribution in [0.4, 0.5) is 0 Å². The summed E-state index contributed by atoms with van der Waals surface area (Å²) in [4.78, 5) is 11.4. The highest BCUT2D eigenvalue weighted by Crippen LogP contribution is 2.19. The van der Waals surface area contributed by atoms with Crippen molar-refractivity contribution in [2.24, 2.45) is 0 Å². The van der Waals surface area contributed by atoms with E-state index in [-0.39, 0.29) is 16.3 Å². The standard InChI is InChI=1S/C9H8N2O3S/c1-15(13,14)5-2-3-6-7(4-5)9(12)11-8(6)10/h2-4H,1H3,(H2,10,11,12). The number of carbonyl (C=O) groups excluding carboxylic acids is 1. The Morgan fingerprint density at radius 1 is 1.27 bits per heavy atom. The van der Waals surface area contributed by atoms with Crippen molar-refractivity contribution in [1.82, 2.24) is 5.32 Å². The predicted molar refractivity (Wildman–Crippen MR) is 53.8 cm³/mol. The predicted octanol–water partition coefficient (Wildman–Crippen LogP) is 0.159. The van der Waals surface area contributed by atoms with E-state index in [0.29, 0.717) is 5.56 Å². The molecule has 0 radical (unpaired) electrons. The lowest BCUT2D eigenvalue weighted by Gasteiger charge is -2.00. The summed E-state index contributed by atoms with van der Waals surface area (Å²) in [6, 6.07) is 4.15. The monoisotopic (exact) mass is 224 g/mol. The summed E-state index contributed by atoms with van der Waals surface area (Å²) in [6.45, 7) is 0. The maximum atomic E-state index is 11.3. The van der Waals surface area contributed by atoms with Gasteiger partial charge < -0.3 is 5.32 Å². The first-order valence-corrected chi connectivity index (χ1v) is 6.03. The van der Waals surface area contributed by atoms with Crippen LogP contribution in [0.1, 0.15) is 15.9 Å². The Morgan fingerprint density at radius 2 is 1.93 bits per heavy atom. The molecule has 0 saturated heterocycles. The number of carbonyl (C=O) groups is 1. The summed E-state index contributed by atoms with van der Waals surface area (Å²) in [5, 5.41) is 9.72. The van der Waals surface area contributed by atoms with Gasteiger partial charge in [0.2, 0.25) is 0 Å². The second kappa shape index (κ2) is 2.90. The highest BCUT2D eigenvalue weighted by molar-refractivity contribution is 7.90. The van der Waals surface area contributed by atoms with Crippen LogP contribution in [0, 0.1) is 5.41 Å². The lowest BCUT2D eigenvalue weighted by atomic mass is 10.1. The zero-order valence-corrected chi connectivity index (χ0v) is 8.68. The Morgan fingerprint density at radius 3 is 2.53 bits per heavy atom. The average molecular weight is 224 g/mol. The van der Waals surface area contributed by atoms with Gasteiger partial charge >= 0.3 is 0 Å². The third-order valence-electron chi connectivity index (χ3n) is 2.17. The van der Waals surface area contributed by atoms with Gasteiger partial charge in [0.15, 0.2) is 9.84 Å². The van der Waals surface area contributed by atoms with Crippen LogP contribution >= 0.6 is 0 Å². The van der Waals surface area contributed by atoms with Crippen LogP contribution in [-0.4, -0.2) is 26.4 Å². The van der Waals surface area contributed by atoms with Gasteiger partial charge in [0.25, 0.3) is 5.91 Å². The van der Waals surface area contributed by atoms with E-state index in [4.69, 9.17) is 5.41 Å². The van der Waals surface area contributed by atoms with E-state index in [1.165, 1.54) is 18.2 Å². The van der Waals surface area contributed by atoms with E-state index in [9.17, 15) is 13.2 Å². The minimum atomic E-state index is -3.32. The van der Waals surface area contributed by atoms with E-state index in [1.807, 2.05) is 0 Å². The number of hydrogen-bond donors (Lipinski definition) is 2. The van der Waals surface area contributed by atoms with Crippen LogP contribution in [0.2, 0.25) is 0 Å². The minimum Gasteiger partial charge on any atom is -0.306 e.